The van der Waals surface area contributed by atoms with Gasteiger partial charge in [-0.15, -0.1) is 0 Å². The van der Waals surface area contributed by atoms with Gasteiger partial charge in [-0.2, -0.15) is 0 Å². The van der Waals surface area contributed by atoms with Gasteiger partial charge >= 0.3 is 6.03 Å². The van der Waals surface area contributed by atoms with Gasteiger partial charge in [-0.3, -0.25) is 4.79 Å². The van der Waals surface area contributed by atoms with E-state index in [0.717, 1.165) is 37.2 Å². The van der Waals surface area contributed by atoms with Crippen LogP contribution >= 0.6 is 0 Å². The summed E-state index contributed by atoms with van der Waals surface area (Å²) >= 11 is 0. The number of amides is 3. The summed E-state index contributed by atoms with van der Waals surface area (Å²) in [5, 5.41) is 8.72. The zero-order chi connectivity index (χ0) is 15.8. The number of nitrogens with one attached hydrogen (secondary N) is 3. The summed E-state index contributed by atoms with van der Waals surface area (Å²) < 4.78 is 0. The number of rotatable bonds is 6. The lowest BCUT2D eigenvalue weighted by Crippen LogP contribution is -2.32. The van der Waals surface area contributed by atoms with E-state index < -0.39 is 0 Å². The van der Waals surface area contributed by atoms with E-state index in [1.54, 1.807) is 0 Å². The average molecular weight is 304 g/mol. The molecule has 1 aromatic carbocycles. The summed E-state index contributed by atoms with van der Waals surface area (Å²) in [5.41, 5.74) is 1.73. The first-order chi connectivity index (χ1) is 10.7. The van der Waals surface area contributed by atoms with Crippen molar-refractivity contribution in [1.29, 1.82) is 0 Å². The Morgan fingerprint density at radius 3 is 2.73 bits per heavy atom. The van der Waals surface area contributed by atoms with E-state index in [1.165, 1.54) is 0 Å². The van der Waals surface area contributed by atoms with Gasteiger partial charge in [-0.25, -0.2) is 4.79 Å². The molecule has 0 aliphatic carbocycles. The van der Waals surface area contributed by atoms with E-state index >= 15 is 0 Å². The quantitative estimate of drug-likeness (QED) is 0.746. The smallest absolute Gasteiger partial charge is 0.321 e. The monoisotopic (exact) mass is 304 g/mol. The Balaban J connectivity index is 1.84. The Labute approximate surface area is 131 Å². The minimum Gasteiger partial charge on any atom is -0.352 e. The van der Waals surface area contributed by atoms with Crippen molar-refractivity contribution in [3.8, 4) is 0 Å². The third kappa shape index (κ3) is 5.04. The lowest BCUT2D eigenvalue weighted by Gasteiger charge is -2.16. The Hall–Kier alpha value is -2.08. The molecule has 1 heterocycles. The molecule has 2 rings (SSSR count). The number of nitrogens with zero attached hydrogens (tertiary/aromatic N) is 1. The lowest BCUT2D eigenvalue weighted by atomic mass is 10.2. The van der Waals surface area contributed by atoms with Gasteiger partial charge in [-0.05, 0) is 37.6 Å². The van der Waals surface area contributed by atoms with Crippen LogP contribution in [0.3, 0.4) is 0 Å². The fraction of sp³-hybridized carbons (Fsp3) is 0.500. The largest absolute Gasteiger partial charge is 0.352 e. The summed E-state index contributed by atoms with van der Waals surface area (Å²) in [6.45, 7) is 2.79. The zero-order valence-electron chi connectivity index (χ0n) is 13.0. The molecule has 1 fully saturated rings. The van der Waals surface area contributed by atoms with Crippen molar-refractivity contribution in [2.75, 3.05) is 32.0 Å². The first kappa shape index (κ1) is 16.3. The Bertz CT molecular complexity index is 513. The summed E-state index contributed by atoms with van der Waals surface area (Å²) in [7, 11) is 1.82. The fourth-order valence-corrected chi connectivity index (χ4v) is 2.41. The van der Waals surface area contributed by atoms with Crippen molar-refractivity contribution in [2.24, 2.45) is 0 Å². The lowest BCUT2D eigenvalue weighted by molar-refractivity contribution is -0.121. The van der Waals surface area contributed by atoms with E-state index in [1.807, 2.05) is 36.2 Å². The number of carbonyl (C=O) groups excluding carboxylic acids is 2. The van der Waals surface area contributed by atoms with Gasteiger partial charge in [0, 0.05) is 38.3 Å². The van der Waals surface area contributed by atoms with Crippen LogP contribution in [0.4, 0.5) is 10.5 Å². The second-order valence-corrected chi connectivity index (χ2v) is 5.45. The molecule has 0 aromatic heterocycles. The molecule has 0 saturated carbocycles. The van der Waals surface area contributed by atoms with E-state index in [9.17, 15) is 9.59 Å². The van der Waals surface area contributed by atoms with Crippen molar-refractivity contribution in [2.45, 2.75) is 25.8 Å². The molecule has 1 saturated heterocycles. The minimum absolute atomic E-state index is 0.0147. The summed E-state index contributed by atoms with van der Waals surface area (Å²) in [6.07, 6.45) is 2.61. The Morgan fingerprint density at radius 1 is 1.23 bits per heavy atom. The number of urea groups is 1. The predicted octanol–water partition coefficient (Wildman–Crippen LogP) is 1.54. The van der Waals surface area contributed by atoms with Gasteiger partial charge in [0.05, 0.1) is 0 Å². The van der Waals surface area contributed by atoms with Crippen LogP contribution in [0.5, 0.6) is 0 Å². The molecule has 6 nitrogen and oxygen atoms in total. The second-order valence-electron chi connectivity index (χ2n) is 5.45. The van der Waals surface area contributed by atoms with Gasteiger partial charge in [0.25, 0.3) is 0 Å². The average Bonchev–Trinajstić information content (AvgIpc) is 3.06. The highest BCUT2D eigenvalue weighted by atomic mass is 16.2. The third-order valence-corrected chi connectivity index (χ3v) is 3.66. The van der Waals surface area contributed by atoms with Crippen LogP contribution in [-0.4, -0.2) is 43.5 Å². The molecule has 0 spiro atoms. The normalized spacial score (nSPS) is 14.0. The first-order valence-corrected chi connectivity index (χ1v) is 7.75. The maximum Gasteiger partial charge on any atom is 0.321 e. The maximum absolute atomic E-state index is 12.0. The molecule has 6 heteroatoms. The van der Waals surface area contributed by atoms with E-state index in [2.05, 4.69) is 16.0 Å². The first-order valence-electron chi connectivity index (χ1n) is 7.75. The second kappa shape index (κ2) is 8.38. The van der Waals surface area contributed by atoms with Crippen LogP contribution in [0.2, 0.25) is 0 Å². The molecular weight excluding hydrogens is 280 g/mol. The molecule has 0 unspecified atom stereocenters. The van der Waals surface area contributed by atoms with Crippen molar-refractivity contribution in [3.63, 3.8) is 0 Å². The highest BCUT2D eigenvalue weighted by Gasteiger charge is 2.17. The molecule has 3 N–H and O–H groups in total. The number of hydrogen-bond donors (Lipinski definition) is 3. The molecule has 0 atom stereocenters. The van der Waals surface area contributed by atoms with Crippen LogP contribution in [0.25, 0.3) is 0 Å². The third-order valence-electron chi connectivity index (χ3n) is 3.66. The summed E-state index contributed by atoms with van der Waals surface area (Å²) in [6, 6.07) is 7.53. The van der Waals surface area contributed by atoms with Crippen molar-refractivity contribution < 1.29 is 9.59 Å². The molecule has 120 valence electrons. The Morgan fingerprint density at radius 2 is 2.00 bits per heavy atom. The molecule has 1 aromatic rings. The molecule has 0 bridgehead atoms. The van der Waals surface area contributed by atoms with Crippen LogP contribution in [0.1, 0.15) is 24.8 Å². The van der Waals surface area contributed by atoms with E-state index in [-0.39, 0.29) is 11.9 Å². The number of hydrogen-bond acceptors (Lipinski definition) is 3. The van der Waals surface area contributed by atoms with Gasteiger partial charge < -0.3 is 20.9 Å². The van der Waals surface area contributed by atoms with E-state index in [4.69, 9.17) is 0 Å². The predicted molar refractivity (Wildman–Crippen MR) is 86.7 cm³/mol. The molecule has 22 heavy (non-hydrogen) atoms. The number of likely N-dealkylation sites (tertiary alicyclic amines) is 1. The number of benzene rings is 1. The van der Waals surface area contributed by atoms with Gasteiger partial charge in [0.2, 0.25) is 5.91 Å². The van der Waals surface area contributed by atoms with Crippen LogP contribution < -0.4 is 16.0 Å². The van der Waals surface area contributed by atoms with Gasteiger partial charge in [0.1, 0.15) is 0 Å². The van der Waals surface area contributed by atoms with Crippen LogP contribution in [0.15, 0.2) is 24.3 Å². The molecule has 0 radical (unpaired) electrons. The van der Waals surface area contributed by atoms with Gasteiger partial charge in [0.15, 0.2) is 0 Å². The number of anilines is 1. The van der Waals surface area contributed by atoms with Gasteiger partial charge in [-0.1, -0.05) is 12.1 Å². The molecule has 1 aliphatic heterocycles. The summed E-state index contributed by atoms with van der Waals surface area (Å²) in [4.78, 5) is 25.5. The van der Waals surface area contributed by atoms with Crippen LogP contribution in [0, 0.1) is 0 Å². The van der Waals surface area contributed by atoms with Crippen LogP contribution in [-0.2, 0) is 11.3 Å². The van der Waals surface area contributed by atoms with Crippen molar-refractivity contribution >= 4 is 17.6 Å². The molecule has 3 amide bonds. The molecular formula is C16H24N4O2. The number of carbonyl (C=O) groups is 2. The Kier molecular flexibility index (Phi) is 6.21. The molecule has 1 aliphatic rings. The van der Waals surface area contributed by atoms with Crippen molar-refractivity contribution in [3.05, 3.63) is 29.8 Å². The fourth-order valence-electron chi connectivity index (χ4n) is 2.41. The summed E-state index contributed by atoms with van der Waals surface area (Å²) in [5.74, 6) is 0.0147. The van der Waals surface area contributed by atoms with E-state index in [0.29, 0.717) is 19.5 Å². The highest BCUT2D eigenvalue weighted by Crippen LogP contribution is 2.14. The maximum atomic E-state index is 12.0. The minimum atomic E-state index is -0.0484. The SMILES string of the molecule is CNCCC(=O)NCc1cccc(NC(=O)N2CCCC2)c1. The zero-order valence-corrected chi connectivity index (χ0v) is 13.0. The highest BCUT2D eigenvalue weighted by molar-refractivity contribution is 5.89. The topological polar surface area (TPSA) is 73.5 Å². The standard InChI is InChI=1S/C16H24N4O2/c1-17-8-7-15(21)18-12-13-5-4-6-14(11-13)19-16(22)20-9-2-3-10-20/h4-6,11,17H,2-3,7-10,12H2,1H3,(H,18,21)(H,19,22). The van der Waals surface area contributed by atoms with Crippen molar-refractivity contribution in [1.82, 2.24) is 15.5 Å².